The highest BCUT2D eigenvalue weighted by molar-refractivity contribution is 5.96. The number of nitrogens with zero attached hydrogens (tertiary/aromatic N) is 1. The van der Waals surface area contributed by atoms with E-state index in [0.29, 0.717) is 16.7 Å². The number of hydrogen-bond donors (Lipinski definition) is 0. The average Bonchev–Trinajstić information content (AvgIpc) is 2.45. The first kappa shape index (κ1) is 14.8. The highest BCUT2D eigenvalue weighted by Crippen LogP contribution is 2.35. The molecular weight excluding hydrogens is 279 g/mol. The third-order valence-electron chi connectivity index (χ3n) is 3.05. The van der Waals surface area contributed by atoms with Gasteiger partial charge in [-0.05, 0) is 36.2 Å². The number of carbonyl (C=O) groups is 1. The van der Waals surface area contributed by atoms with Crippen LogP contribution in [0.5, 0.6) is 0 Å². The Bertz CT molecular complexity index is 725. The molecule has 2 nitrogen and oxygen atoms in total. The standard InChI is InChI=1S/C16H10F3NO/c1-10(21)14-7-6-13(8-15(14)16(17,18)19)12-4-2-11(9-20)3-5-12/h2-8H,1H3. The van der Waals surface area contributed by atoms with E-state index in [4.69, 9.17) is 5.26 Å². The first-order valence-corrected chi connectivity index (χ1v) is 6.05. The van der Waals surface area contributed by atoms with Crippen molar-refractivity contribution in [2.24, 2.45) is 0 Å². The number of rotatable bonds is 2. The third-order valence-corrected chi connectivity index (χ3v) is 3.05. The zero-order valence-electron chi connectivity index (χ0n) is 11.0. The van der Waals surface area contributed by atoms with E-state index >= 15 is 0 Å². The molecule has 5 heteroatoms. The number of halogens is 3. The molecule has 0 N–H and O–H groups in total. The van der Waals surface area contributed by atoms with Gasteiger partial charge in [-0.15, -0.1) is 0 Å². The number of alkyl halides is 3. The van der Waals surface area contributed by atoms with Gasteiger partial charge < -0.3 is 0 Å². The zero-order valence-corrected chi connectivity index (χ0v) is 11.0. The van der Waals surface area contributed by atoms with Gasteiger partial charge in [0, 0.05) is 5.56 Å². The Kier molecular flexibility index (Phi) is 3.81. The maximum Gasteiger partial charge on any atom is 0.417 e. The Balaban J connectivity index is 2.56. The lowest BCUT2D eigenvalue weighted by Gasteiger charge is -2.13. The summed E-state index contributed by atoms with van der Waals surface area (Å²) >= 11 is 0. The summed E-state index contributed by atoms with van der Waals surface area (Å²) < 4.78 is 39.1. The molecule has 0 heterocycles. The van der Waals surface area contributed by atoms with Crippen LogP contribution in [0.3, 0.4) is 0 Å². The lowest BCUT2D eigenvalue weighted by molar-refractivity contribution is -0.137. The van der Waals surface area contributed by atoms with Crippen LogP contribution in [0.2, 0.25) is 0 Å². The maximum absolute atomic E-state index is 13.0. The average molecular weight is 289 g/mol. The Hall–Kier alpha value is -2.61. The van der Waals surface area contributed by atoms with Gasteiger partial charge in [0.15, 0.2) is 5.78 Å². The van der Waals surface area contributed by atoms with E-state index in [1.807, 2.05) is 6.07 Å². The molecule has 0 amide bonds. The molecule has 106 valence electrons. The fraction of sp³-hybridized carbons (Fsp3) is 0.125. The molecule has 0 saturated heterocycles. The molecule has 0 aliphatic heterocycles. The van der Waals surface area contributed by atoms with Crippen LogP contribution < -0.4 is 0 Å². The number of carbonyl (C=O) groups excluding carboxylic acids is 1. The van der Waals surface area contributed by atoms with Crippen LogP contribution in [0.4, 0.5) is 13.2 Å². The minimum atomic E-state index is -4.59. The predicted molar refractivity (Wildman–Crippen MR) is 71.6 cm³/mol. The van der Waals surface area contributed by atoms with Gasteiger partial charge in [0.25, 0.3) is 0 Å². The Morgan fingerprint density at radius 3 is 2.10 bits per heavy atom. The highest BCUT2D eigenvalue weighted by Gasteiger charge is 2.34. The zero-order chi connectivity index (χ0) is 15.6. The molecule has 0 aliphatic carbocycles. The van der Waals surface area contributed by atoms with E-state index in [2.05, 4.69) is 0 Å². The van der Waals surface area contributed by atoms with Gasteiger partial charge in [0.05, 0.1) is 17.2 Å². The van der Waals surface area contributed by atoms with Crippen LogP contribution in [0.1, 0.15) is 28.4 Å². The quantitative estimate of drug-likeness (QED) is 0.766. The molecule has 0 atom stereocenters. The summed E-state index contributed by atoms with van der Waals surface area (Å²) in [6.45, 7) is 1.10. The van der Waals surface area contributed by atoms with Crippen LogP contribution >= 0.6 is 0 Å². The second-order valence-corrected chi connectivity index (χ2v) is 4.50. The summed E-state index contributed by atoms with van der Waals surface area (Å²) in [5.74, 6) is -0.631. The van der Waals surface area contributed by atoms with Gasteiger partial charge in [-0.2, -0.15) is 18.4 Å². The molecule has 2 aromatic rings. The molecule has 0 saturated carbocycles. The van der Waals surface area contributed by atoms with Crippen LogP contribution in [-0.4, -0.2) is 5.78 Å². The van der Waals surface area contributed by atoms with Gasteiger partial charge in [0.2, 0.25) is 0 Å². The minimum absolute atomic E-state index is 0.344. The normalized spacial score (nSPS) is 11.0. The Labute approximate surface area is 119 Å². The Morgan fingerprint density at radius 1 is 1.05 bits per heavy atom. The van der Waals surface area contributed by atoms with E-state index in [9.17, 15) is 18.0 Å². The summed E-state index contributed by atoms with van der Waals surface area (Å²) in [5.41, 5.74) is 0.0262. The molecule has 21 heavy (non-hydrogen) atoms. The maximum atomic E-state index is 13.0. The molecule has 0 aromatic heterocycles. The van der Waals surface area contributed by atoms with E-state index < -0.39 is 17.5 Å². The number of ketones is 1. The summed E-state index contributed by atoms with van der Waals surface area (Å²) in [5, 5.41) is 8.71. The predicted octanol–water partition coefficient (Wildman–Crippen LogP) is 4.45. The summed E-state index contributed by atoms with van der Waals surface area (Å²) in [4.78, 5) is 11.3. The van der Waals surface area contributed by atoms with Crippen molar-refractivity contribution in [3.05, 3.63) is 59.2 Å². The van der Waals surface area contributed by atoms with Gasteiger partial charge >= 0.3 is 6.18 Å². The number of Topliss-reactive ketones (excluding diaryl/α,β-unsaturated/α-hetero) is 1. The fourth-order valence-corrected chi connectivity index (χ4v) is 2.00. The van der Waals surface area contributed by atoms with Crippen LogP contribution in [0, 0.1) is 11.3 Å². The molecule has 0 fully saturated rings. The lowest BCUT2D eigenvalue weighted by Crippen LogP contribution is -2.11. The van der Waals surface area contributed by atoms with Crippen molar-refractivity contribution < 1.29 is 18.0 Å². The number of hydrogen-bond acceptors (Lipinski definition) is 2. The van der Waals surface area contributed by atoms with E-state index in [1.54, 1.807) is 12.1 Å². The number of nitriles is 1. The molecule has 0 spiro atoms. The summed E-state index contributed by atoms with van der Waals surface area (Å²) in [6, 6.07) is 11.7. The van der Waals surface area contributed by atoms with Gasteiger partial charge in [0.1, 0.15) is 0 Å². The first-order chi connectivity index (χ1) is 9.82. The van der Waals surface area contributed by atoms with Crippen molar-refractivity contribution in [3.8, 4) is 17.2 Å². The minimum Gasteiger partial charge on any atom is -0.294 e. The molecule has 0 unspecified atom stereocenters. The van der Waals surface area contributed by atoms with Gasteiger partial charge in [-0.1, -0.05) is 24.3 Å². The van der Waals surface area contributed by atoms with Crippen molar-refractivity contribution in [1.29, 1.82) is 5.26 Å². The van der Waals surface area contributed by atoms with Gasteiger partial charge in [-0.3, -0.25) is 4.79 Å². The van der Waals surface area contributed by atoms with Crippen LogP contribution in [-0.2, 0) is 6.18 Å². The highest BCUT2D eigenvalue weighted by atomic mass is 19.4. The van der Waals surface area contributed by atoms with Crippen molar-refractivity contribution in [1.82, 2.24) is 0 Å². The summed E-state index contributed by atoms with van der Waals surface area (Å²) in [6.07, 6.45) is -4.59. The van der Waals surface area contributed by atoms with Crippen molar-refractivity contribution in [3.63, 3.8) is 0 Å². The Morgan fingerprint density at radius 2 is 1.62 bits per heavy atom. The van der Waals surface area contributed by atoms with Crippen molar-refractivity contribution in [2.45, 2.75) is 13.1 Å². The van der Waals surface area contributed by atoms with Crippen molar-refractivity contribution in [2.75, 3.05) is 0 Å². The molecule has 0 radical (unpaired) electrons. The first-order valence-electron chi connectivity index (χ1n) is 6.05. The number of benzene rings is 2. The second kappa shape index (κ2) is 5.41. The van der Waals surface area contributed by atoms with E-state index in [-0.39, 0.29) is 5.56 Å². The fourth-order valence-electron chi connectivity index (χ4n) is 2.00. The van der Waals surface area contributed by atoms with Crippen LogP contribution in [0.25, 0.3) is 11.1 Å². The third kappa shape index (κ3) is 3.11. The van der Waals surface area contributed by atoms with E-state index in [0.717, 1.165) is 13.0 Å². The molecule has 2 aromatic carbocycles. The largest absolute Gasteiger partial charge is 0.417 e. The smallest absolute Gasteiger partial charge is 0.294 e. The molecule has 0 bridgehead atoms. The monoisotopic (exact) mass is 289 g/mol. The van der Waals surface area contributed by atoms with E-state index in [1.165, 1.54) is 24.3 Å². The molecular formula is C16H10F3NO. The summed E-state index contributed by atoms with van der Waals surface area (Å²) in [7, 11) is 0. The van der Waals surface area contributed by atoms with Crippen molar-refractivity contribution >= 4 is 5.78 Å². The molecule has 2 rings (SSSR count). The lowest BCUT2D eigenvalue weighted by atomic mass is 9.96. The second-order valence-electron chi connectivity index (χ2n) is 4.50. The van der Waals surface area contributed by atoms with Crippen LogP contribution in [0.15, 0.2) is 42.5 Å². The molecule has 0 aliphatic rings. The topological polar surface area (TPSA) is 40.9 Å². The SMILES string of the molecule is CC(=O)c1ccc(-c2ccc(C#N)cc2)cc1C(F)(F)F. The van der Waals surface area contributed by atoms with Gasteiger partial charge in [-0.25, -0.2) is 0 Å².